The summed E-state index contributed by atoms with van der Waals surface area (Å²) in [6.07, 6.45) is 2.92. The molecule has 1 aliphatic heterocycles. The Morgan fingerprint density at radius 1 is 1.05 bits per heavy atom. The van der Waals surface area contributed by atoms with Crippen molar-refractivity contribution in [2.24, 2.45) is 0 Å². The van der Waals surface area contributed by atoms with Crippen LogP contribution in [0.5, 0.6) is 17.2 Å². The summed E-state index contributed by atoms with van der Waals surface area (Å²) in [5.41, 5.74) is 0.500. The van der Waals surface area contributed by atoms with Crippen molar-refractivity contribution in [3.05, 3.63) is 17.7 Å². The molecule has 1 aromatic carbocycles. The van der Waals surface area contributed by atoms with Crippen LogP contribution >= 0.6 is 0 Å². The Balaban J connectivity index is 2.17. The van der Waals surface area contributed by atoms with Crippen LogP contribution in [0.4, 0.5) is 0 Å². The molecular formula is C16H23NO4. The molecule has 0 bridgehead atoms. The SMILES string of the molecule is COc1cc(OC)c(C(=O)CCN2CCCC2)c(OC)c1. The summed E-state index contributed by atoms with van der Waals surface area (Å²) in [5.74, 6) is 1.65. The molecule has 0 aromatic heterocycles. The van der Waals surface area contributed by atoms with E-state index in [1.165, 1.54) is 12.8 Å². The van der Waals surface area contributed by atoms with Crippen molar-refractivity contribution in [2.45, 2.75) is 19.3 Å². The molecule has 0 atom stereocenters. The zero-order valence-electron chi connectivity index (χ0n) is 13.0. The van der Waals surface area contributed by atoms with E-state index >= 15 is 0 Å². The van der Waals surface area contributed by atoms with Crippen LogP contribution in [0.25, 0.3) is 0 Å². The summed E-state index contributed by atoms with van der Waals surface area (Å²) in [7, 11) is 4.67. The molecule has 0 unspecified atom stereocenters. The molecule has 1 aliphatic rings. The minimum Gasteiger partial charge on any atom is -0.496 e. The zero-order valence-corrected chi connectivity index (χ0v) is 13.0. The van der Waals surface area contributed by atoms with Crippen LogP contribution in [0.15, 0.2) is 12.1 Å². The average molecular weight is 293 g/mol. The molecule has 2 rings (SSSR count). The van der Waals surface area contributed by atoms with Crippen molar-refractivity contribution < 1.29 is 19.0 Å². The average Bonchev–Trinajstić information content (AvgIpc) is 3.04. The van der Waals surface area contributed by atoms with Gasteiger partial charge in [0.1, 0.15) is 22.8 Å². The molecule has 21 heavy (non-hydrogen) atoms. The van der Waals surface area contributed by atoms with E-state index in [0.717, 1.165) is 19.6 Å². The molecule has 1 aromatic rings. The quantitative estimate of drug-likeness (QED) is 0.722. The first-order valence-electron chi connectivity index (χ1n) is 7.25. The molecule has 1 fully saturated rings. The topological polar surface area (TPSA) is 48.0 Å². The van der Waals surface area contributed by atoms with E-state index in [1.807, 2.05) is 0 Å². The number of ether oxygens (including phenoxy) is 3. The minimum absolute atomic E-state index is 0.0400. The Hall–Kier alpha value is -1.75. The highest BCUT2D eigenvalue weighted by molar-refractivity contribution is 6.01. The number of carbonyl (C=O) groups is 1. The normalized spacial score (nSPS) is 15.0. The molecule has 0 amide bonds. The van der Waals surface area contributed by atoms with Gasteiger partial charge in [-0.05, 0) is 25.9 Å². The third-order valence-corrected chi connectivity index (χ3v) is 3.85. The summed E-state index contributed by atoms with van der Waals surface area (Å²) < 4.78 is 15.9. The molecule has 0 N–H and O–H groups in total. The Morgan fingerprint density at radius 2 is 1.62 bits per heavy atom. The summed E-state index contributed by atoms with van der Waals surface area (Å²) in [6, 6.07) is 3.43. The number of hydrogen-bond acceptors (Lipinski definition) is 5. The predicted molar refractivity (Wildman–Crippen MR) is 80.7 cm³/mol. The fourth-order valence-electron chi connectivity index (χ4n) is 2.67. The fraction of sp³-hybridized carbons (Fsp3) is 0.562. The van der Waals surface area contributed by atoms with Gasteiger partial charge >= 0.3 is 0 Å². The summed E-state index contributed by atoms with van der Waals surface area (Å²) in [4.78, 5) is 14.9. The Bertz CT molecular complexity index is 470. The monoisotopic (exact) mass is 293 g/mol. The molecule has 1 saturated heterocycles. The van der Waals surface area contributed by atoms with E-state index in [1.54, 1.807) is 33.5 Å². The van der Waals surface area contributed by atoms with Crippen LogP contribution in [0.1, 0.15) is 29.6 Å². The van der Waals surface area contributed by atoms with Crippen LogP contribution < -0.4 is 14.2 Å². The maximum atomic E-state index is 12.5. The van der Waals surface area contributed by atoms with E-state index in [-0.39, 0.29) is 5.78 Å². The van der Waals surface area contributed by atoms with Crippen molar-refractivity contribution in [3.8, 4) is 17.2 Å². The molecule has 0 saturated carbocycles. The Kier molecular flexibility index (Phi) is 5.44. The summed E-state index contributed by atoms with van der Waals surface area (Å²) >= 11 is 0. The highest BCUT2D eigenvalue weighted by Gasteiger charge is 2.21. The first-order valence-corrected chi connectivity index (χ1v) is 7.25. The van der Waals surface area contributed by atoms with Crippen molar-refractivity contribution in [1.82, 2.24) is 4.90 Å². The summed E-state index contributed by atoms with van der Waals surface area (Å²) in [6.45, 7) is 2.96. The number of methoxy groups -OCH3 is 3. The van der Waals surface area contributed by atoms with Gasteiger partial charge in [0, 0.05) is 25.1 Å². The van der Waals surface area contributed by atoms with E-state index in [2.05, 4.69) is 4.90 Å². The van der Waals surface area contributed by atoms with Gasteiger partial charge in [0.05, 0.1) is 21.3 Å². The van der Waals surface area contributed by atoms with E-state index in [4.69, 9.17) is 14.2 Å². The van der Waals surface area contributed by atoms with E-state index < -0.39 is 0 Å². The van der Waals surface area contributed by atoms with Crippen LogP contribution in [-0.2, 0) is 0 Å². The molecule has 1 heterocycles. The van der Waals surface area contributed by atoms with Gasteiger partial charge in [0.15, 0.2) is 5.78 Å². The molecule has 5 heteroatoms. The smallest absolute Gasteiger partial charge is 0.171 e. The summed E-state index contributed by atoms with van der Waals surface area (Å²) in [5, 5.41) is 0. The lowest BCUT2D eigenvalue weighted by molar-refractivity contribution is 0.0962. The Labute approximate surface area is 125 Å². The van der Waals surface area contributed by atoms with Crippen LogP contribution in [0.2, 0.25) is 0 Å². The predicted octanol–water partition coefficient (Wildman–Crippen LogP) is 2.38. The van der Waals surface area contributed by atoms with Gasteiger partial charge in [0.2, 0.25) is 0 Å². The maximum Gasteiger partial charge on any atom is 0.171 e. The Morgan fingerprint density at radius 3 is 2.10 bits per heavy atom. The largest absolute Gasteiger partial charge is 0.496 e. The number of ketones is 1. The number of benzene rings is 1. The fourth-order valence-corrected chi connectivity index (χ4v) is 2.67. The van der Waals surface area contributed by atoms with Crippen molar-refractivity contribution in [3.63, 3.8) is 0 Å². The van der Waals surface area contributed by atoms with Crippen LogP contribution in [-0.4, -0.2) is 51.6 Å². The standard InChI is InChI=1S/C16H23NO4/c1-19-12-10-14(20-2)16(15(11-12)21-3)13(18)6-9-17-7-4-5-8-17/h10-11H,4-9H2,1-3H3. The van der Waals surface area contributed by atoms with E-state index in [0.29, 0.717) is 29.2 Å². The van der Waals surface area contributed by atoms with Crippen molar-refractivity contribution >= 4 is 5.78 Å². The lowest BCUT2D eigenvalue weighted by Gasteiger charge is -2.16. The van der Waals surface area contributed by atoms with Crippen molar-refractivity contribution in [2.75, 3.05) is 41.0 Å². The molecule has 116 valence electrons. The highest BCUT2D eigenvalue weighted by atomic mass is 16.5. The van der Waals surface area contributed by atoms with Gasteiger partial charge in [-0.15, -0.1) is 0 Å². The number of likely N-dealkylation sites (tertiary alicyclic amines) is 1. The van der Waals surface area contributed by atoms with Gasteiger partial charge in [-0.2, -0.15) is 0 Å². The second kappa shape index (κ2) is 7.31. The van der Waals surface area contributed by atoms with Gasteiger partial charge in [-0.3, -0.25) is 4.79 Å². The number of carbonyl (C=O) groups excluding carboxylic acids is 1. The second-order valence-electron chi connectivity index (χ2n) is 5.13. The second-order valence-corrected chi connectivity index (χ2v) is 5.13. The molecule has 0 spiro atoms. The van der Waals surface area contributed by atoms with Gasteiger partial charge in [-0.1, -0.05) is 0 Å². The number of hydrogen-bond donors (Lipinski definition) is 0. The first-order chi connectivity index (χ1) is 10.2. The zero-order chi connectivity index (χ0) is 15.2. The van der Waals surface area contributed by atoms with E-state index in [9.17, 15) is 4.79 Å². The van der Waals surface area contributed by atoms with Crippen molar-refractivity contribution in [1.29, 1.82) is 0 Å². The van der Waals surface area contributed by atoms with Crippen LogP contribution in [0.3, 0.4) is 0 Å². The first kappa shape index (κ1) is 15.6. The molecular weight excluding hydrogens is 270 g/mol. The van der Waals surface area contributed by atoms with Gasteiger partial charge in [-0.25, -0.2) is 0 Å². The molecule has 0 aliphatic carbocycles. The highest BCUT2D eigenvalue weighted by Crippen LogP contribution is 2.34. The van der Waals surface area contributed by atoms with Gasteiger partial charge < -0.3 is 19.1 Å². The van der Waals surface area contributed by atoms with Gasteiger partial charge in [0.25, 0.3) is 0 Å². The number of rotatable bonds is 7. The lowest BCUT2D eigenvalue weighted by Crippen LogP contribution is -2.23. The lowest BCUT2D eigenvalue weighted by atomic mass is 10.0. The third-order valence-electron chi connectivity index (χ3n) is 3.85. The third kappa shape index (κ3) is 3.67. The molecule has 5 nitrogen and oxygen atoms in total. The molecule has 0 radical (unpaired) electrons. The van der Waals surface area contributed by atoms with Crippen LogP contribution in [0, 0.1) is 0 Å². The minimum atomic E-state index is 0.0400. The maximum absolute atomic E-state index is 12.5. The number of nitrogens with zero attached hydrogens (tertiary/aromatic N) is 1. The number of Topliss-reactive ketones (excluding diaryl/α,β-unsaturated/α-hetero) is 1.